The Morgan fingerprint density at radius 2 is 2.00 bits per heavy atom. The van der Waals surface area contributed by atoms with Gasteiger partial charge in [0.1, 0.15) is 18.1 Å². The Kier molecular flexibility index (Phi) is 6.12. The third-order valence-electron chi connectivity index (χ3n) is 3.90. The number of anilines is 1. The fourth-order valence-electron chi connectivity index (χ4n) is 2.53. The van der Waals surface area contributed by atoms with Crippen molar-refractivity contribution in [2.24, 2.45) is 0 Å². The van der Waals surface area contributed by atoms with Crippen LogP contribution in [0.3, 0.4) is 0 Å². The van der Waals surface area contributed by atoms with Crippen molar-refractivity contribution in [1.29, 1.82) is 0 Å². The van der Waals surface area contributed by atoms with Gasteiger partial charge in [0.05, 0.1) is 19.3 Å². The molecule has 9 nitrogen and oxygen atoms in total. The SMILES string of the molecule is COc1ccc(C)cc1NC(=O)CNC(=O)Cn1nnc(-c2cccc(F)c2)n1. The highest BCUT2D eigenvalue weighted by atomic mass is 19.1. The van der Waals surface area contributed by atoms with Gasteiger partial charge in [-0.05, 0) is 42.0 Å². The number of methoxy groups -OCH3 is 1. The number of aryl methyl sites for hydroxylation is 1. The Bertz CT molecular complexity index is 1040. The monoisotopic (exact) mass is 398 g/mol. The summed E-state index contributed by atoms with van der Waals surface area (Å²) in [6.45, 7) is 1.42. The number of halogens is 1. The molecule has 0 radical (unpaired) electrons. The van der Waals surface area contributed by atoms with Crippen molar-refractivity contribution in [3.05, 3.63) is 53.8 Å². The Morgan fingerprint density at radius 3 is 2.76 bits per heavy atom. The van der Waals surface area contributed by atoms with E-state index in [1.807, 2.05) is 13.0 Å². The lowest BCUT2D eigenvalue weighted by atomic mass is 10.2. The number of nitrogens with one attached hydrogen (secondary N) is 2. The van der Waals surface area contributed by atoms with Crippen molar-refractivity contribution < 1.29 is 18.7 Å². The van der Waals surface area contributed by atoms with E-state index in [1.54, 1.807) is 18.2 Å². The Morgan fingerprint density at radius 1 is 1.17 bits per heavy atom. The molecule has 0 aliphatic heterocycles. The molecule has 0 spiro atoms. The van der Waals surface area contributed by atoms with Crippen molar-refractivity contribution in [2.45, 2.75) is 13.5 Å². The minimum Gasteiger partial charge on any atom is -0.495 e. The number of amides is 2. The number of benzene rings is 2. The summed E-state index contributed by atoms with van der Waals surface area (Å²) >= 11 is 0. The van der Waals surface area contributed by atoms with Crippen LogP contribution in [0.2, 0.25) is 0 Å². The molecular weight excluding hydrogens is 379 g/mol. The highest BCUT2D eigenvalue weighted by Gasteiger charge is 2.12. The second kappa shape index (κ2) is 8.91. The van der Waals surface area contributed by atoms with E-state index in [0.717, 1.165) is 10.4 Å². The van der Waals surface area contributed by atoms with Crippen LogP contribution in [0.15, 0.2) is 42.5 Å². The van der Waals surface area contributed by atoms with Crippen LogP contribution in [-0.4, -0.2) is 45.7 Å². The summed E-state index contributed by atoms with van der Waals surface area (Å²) < 4.78 is 18.5. The molecule has 3 rings (SSSR count). The molecule has 0 fully saturated rings. The third kappa shape index (κ3) is 5.34. The Labute approximate surface area is 165 Å². The maximum absolute atomic E-state index is 13.3. The van der Waals surface area contributed by atoms with Crippen molar-refractivity contribution in [3.8, 4) is 17.1 Å². The summed E-state index contributed by atoms with van der Waals surface area (Å²) in [5.41, 5.74) is 1.92. The first kappa shape index (κ1) is 19.9. The van der Waals surface area contributed by atoms with Gasteiger partial charge in [-0.1, -0.05) is 18.2 Å². The van der Waals surface area contributed by atoms with Gasteiger partial charge in [-0.3, -0.25) is 9.59 Å². The second-order valence-electron chi connectivity index (χ2n) is 6.18. The molecule has 0 aliphatic rings. The maximum atomic E-state index is 13.3. The van der Waals surface area contributed by atoms with Gasteiger partial charge < -0.3 is 15.4 Å². The zero-order valence-electron chi connectivity index (χ0n) is 15.8. The molecule has 0 atom stereocenters. The van der Waals surface area contributed by atoms with Crippen LogP contribution in [0.4, 0.5) is 10.1 Å². The number of nitrogens with zero attached hydrogens (tertiary/aromatic N) is 4. The lowest BCUT2D eigenvalue weighted by Crippen LogP contribution is -2.35. The van der Waals surface area contributed by atoms with E-state index in [2.05, 4.69) is 26.0 Å². The van der Waals surface area contributed by atoms with Gasteiger partial charge in [0, 0.05) is 5.56 Å². The molecule has 2 amide bonds. The number of tetrazole rings is 1. The van der Waals surface area contributed by atoms with E-state index in [1.165, 1.54) is 25.3 Å². The quantitative estimate of drug-likeness (QED) is 0.625. The fraction of sp³-hybridized carbons (Fsp3) is 0.211. The highest BCUT2D eigenvalue weighted by molar-refractivity contribution is 5.95. The summed E-state index contributed by atoms with van der Waals surface area (Å²) in [6, 6.07) is 11.1. The fourth-order valence-corrected chi connectivity index (χ4v) is 2.53. The van der Waals surface area contributed by atoms with Crippen molar-refractivity contribution >= 4 is 17.5 Å². The van der Waals surface area contributed by atoms with Crippen LogP contribution in [0, 0.1) is 12.7 Å². The summed E-state index contributed by atoms with van der Waals surface area (Å²) in [4.78, 5) is 25.2. The van der Waals surface area contributed by atoms with Gasteiger partial charge in [-0.2, -0.15) is 4.80 Å². The zero-order chi connectivity index (χ0) is 20.8. The number of carbonyl (C=O) groups excluding carboxylic acids is 2. The molecule has 0 aliphatic carbocycles. The van der Waals surface area contributed by atoms with E-state index < -0.39 is 17.6 Å². The molecule has 150 valence electrons. The first-order valence-electron chi connectivity index (χ1n) is 8.69. The first-order chi connectivity index (χ1) is 13.9. The van der Waals surface area contributed by atoms with Crippen LogP contribution in [0.5, 0.6) is 5.75 Å². The Hall–Kier alpha value is -3.82. The van der Waals surface area contributed by atoms with Gasteiger partial charge in [0.15, 0.2) is 0 Å². The van der Waals surface area contributed by atoms with Crippen LogP contribution in [0.25, 0.3) is 11.4 Å². The van der Waals surface area contributed by atoms with Gasteiger partial charge >= 0.3 is 0 Å². The van der Waals surface area contributed by atoms with E-state index >= 15 is 0 Å². The summed E-state index contributed by atoms with van der Waals surface area (Å²) in [5.74, 6) is -0.588. The largest absolute Gasteiger partial charge is 0.495 e. The number of ether oxygens (including phenoxy) is 1. The van der Waals surface area contributed by atoms with Gasteiger partial charge in [-0.25, -0.2) is 4.39 Å². The van der Waals surface area contributed by atoms with Gasteiger partial charge in [0.2, 0.25) is 17.6 Å². The lowest BCUT2D eigenvalue weighted by Gasteiger charge is -2.11. The molecule has 0 bridgehead atoms. The molecule has 10 heteroatoms. The Balaban J connectivity index is 1.53. The summed E-state index contributed by atoms with van der Waals surface area (Å²) in [6.07, 6.45) is 0. The average Bonchev–Trinajstić information content (AvgIpc) is 3.15. The predicted molar refractivity (Wildman–Crippen MR) is 103 cm³/mol. The minimum absolute atomic E-state index is 0.196. The molecule has 0 saturated heterocycles. The molecule has 1 aromatic heterocycles. The number of rotatable bonds is 7. The molecule has 0 saturated carbocycles. The van der Waals surface area contributed by atoms with Crippen molar-refractivity contribution in [3.63, 3.8) is 0 Å². The zero-order valence-corrected chi connectivity index (χ0v) is 15.8. The van der Waals surface area contributed by atoms with E-state index in [4.69, 9.17) is 4.74 Å². The molecule has 2 aromatic carbocycles. The van der Waals surface area contributed by atoms with Gasteiger partial charge in [0.25, 0.3) is 0 Å². The first-order valence-corrected chi connectivity index (χ1v) is 8.69. The van der Waals surface area contributed by atoms with Crippen LogP contribution in [0.1, 0.15) is 5.56 Å². The number of hydrogen-bond donors (Lipinski definition) is 2. The topological polar surface area (TPSA) is 111 Å². The van der Waals surface area contributed by atoms with Crippen molar-refractivity contribution in [1.82, 2.24) is 25.5 Å². The highest BCUT2D eigenvalue weighted by Crippen LogP contribution is 2.24. The predicted octanol–water partition coefficient (Wildman–Crippen LogP) is 1.55. The molecule has 3 aromatic rings. The minimum atomic E-state index is -0.473. The normalized spacial score (nSPS) is 10.4. The summed E-state index contributed by atoms with van der Waals surface area (Å²) in [5, 5.41) is 16.8. The molecule has 2 N–H and O–H groups in total. The van der Waals surface area contributed by atoms with E-state index in [0.29, 0.717) is 17.0 Å². The molecule has 0 unspecified atom stereocenters. The molecular formula is C19H19FN6O3. The van der Waals surface area contributed by atoms with E-state index in [9.17, 15) is 14.0 Å². The lowest BCUT2D eigenvalue weighted by molar-refractivity contribution is -0.124. The molecule has 29 heavy (non-hydrogen) atoms. The number of hydrogen-bond acceptors (Lipinski definition) is 6. The van der Waals surface area contributed by atoms with Crippen molar-refractivity contribution in [2.75, 3.05) is 19.0 Å². The maximum Gasteiger partial charge on any atom is 0.244 e. The van der Waals surface area contributed by atoms with E-state index in [-0.39, 0.29) is 18.9 Å². The smallest absolute Gasteiger partial charge is 0.244 e. The molecule has 1 heterocycles. The standard InChI is InChI=1S/C19H19FN6O3/c1-12-6-7-16(29-2)15(8-12)22-17(27)10-21-18(28)11-26-24-19(23-25-26)13-4-3-5-14(20)9-13/h3-9H,10-11H2,1-2H3,(H,21,28)(H,22,27). The van der Waals surface area contributed by atoms with Crippen LogP contribution >= 0.6 is 0 Å². The van der Waals surface area contributed by atoms with Crippen LogP contribution in [-0.2, 0) is 16.1 Å². The third-order valence-corrected chi connectivity index (χ3v) is 3.90. The van der Waals surface area contributed by atoms with Gasteiger partial charge in [-0.15, -0.1) is 10.2 Å². The number of aromatic nitrogens is 4. The number of carbonyl (C=O) groups is 2. The summed E-state index contributed by atoms with van der Waals surface area (Å²) in [7, 11) is 1.51. The average molecular weight is 398 g/mol. The second-order valence-corrected chi connectivity index (χ2v) is 6.18. The van der Waals surface area contributed by atoms with Crippen LogP contribution < -0.4 is 15.4 Å².